The first-order chi connectivity index (χ1) is 14.8. The number of hydrogen-bond acceptors (Lipinski definition) is 4. The summed E-state index contributed by atoms with van der Waals surface area (Å²) in [4.78, 5) is 11.5. The van der Waals surface area contributed by atoms with E-state index in [1.165, 1.54) is 10.4 Å². The smallest absolute Gasteiger partial charge is 0.261 e. The van der Waals surface area contributed by atoms with E-state index in [0.717, 1.165) is 32.0 Å². The molecule has 2 N–H and O–H groups in total. The summed E-state index contributed by atoms with van der Waals surface area (Å²) < 4.78 is 6.79. The first-order valence-electron chi connectivity index (χ1n) is 11.2. The SMILES string of the molecule is CC(C)(C)[Si](OCC1(C=O)CC1)(c1ccccc1)c1ccccc1.OCC1(CO)CC1. The van der Waals surface area contributed by atoms with Crippen molar-refractivity contribution in [2.45, 2.75) is 51.5 Å². The summed E-state index contributed by atoms with van der Waals surface area (Å²) in [6.45, 7) is 7.63. The van der Waals surface area contributed by atoms with E-state index >= 15 is 0 Å². The van der Waals surface area contributed by atoms with E-state index in [1.807, 2.05) is 12.1 Å². The lowest BCUT2D eigenvalue weighted by Crippen LogP contribution is -2.67. The highest BCUT2D eigenvalue weighted by molar-refractivity contribution is 6.99. The van der Waals surface area contributed by atoms with Crippen LogP contribution in [-0.2, 0) is 9.22 Å². The molecule has 2 aliphatic carbocycles. The number of hydrogen-bond donors (Lipinski definition) is 2. The zero-order chi connectivity index (χ0) is 22.6. The molecule has 2 saturated carbocycles. The monoisotopic (exact) mass is 440 g/mol. The number of aldehydes is 1. The quantitative estimate of drug-likeness (QED) is 0.488. The van der Waals surface area contributed by atoms with Gasteiger partial charge in [0.2, 0.25) is 0 Å². The number of carbonyl (C=O) groups is 1. The van der Waals surface area contributed by atoms with Gasteiger partial charge in [0.05, 0.1) is 13.2 Å². The molecule has 0 spiro atoms. The Balaban J connectivity index is 0.000000330. The molecular formula is C26H36O4Si. The first kappa shape index (κ1) is 23.9. The molecule has 168 valence electrons. The fourth-order valence-corrected chi connectivity index (χ4v) is 8.67. The second-order valence-electron chi connectivity index (χ2n) is 10.2. The highest BCUT2D eigenvalue weighted by Gasteiger charge is 2.53. The lowest BCUT2D eigenvalue weighted by Gasteiger charge is -2.43. The molecule has 0 unspecified atom stereocenters. The third-order valence-electron chi connectivity index (χ3n) is 6.76. The van der Waals surface area contributed by atoms with Crippen LogP contribution in [0.1, 0.15) is 46.5 Å². The van der Waals surface area contributed by atoms with E-state index < -0.39 is 8.32 Å². The predicted octanol–water partition coefficient (Wildman–Crippen LogP) is 3.29. The molecule has 4 nitrogen and oxygen atoms in total. The number of aliphatic hydroxyl groups is 2. The average molecular weight is 441 g/mol. The third-order valence-corrected chi connectivity index (χ3v) is 11.7. The van der Waals surface area contributed by atoms with Crippen molar-refractivity contribution in [3.05, 3.63) is 60.7 Å². The van der Waals surface area contributed by atoms with Gasteiger partial charge >= 0.3 is 0 Å². The Morgan fingerprint density at radius 3 is 1.58 bits per heavy atom. The van der Waals surface area contributed by atoms with E-state index in [9.17, 15) is 4.79 Å². The minimum atomic E-state index is -2.49. The van der Waals surface area contributed by atoms with Gasteiger partial charge in [0.25, 0.3) is 8.32 Å². The van der Waals surface area contributed by atoms with Crippen molar-refractivity contribution >= 4 is 25.0 Å². The summed E-state index contributed by atoms with van der Waals surface area (Å²) in [6.07, 6.45) is 5.01. The molecule has 5 heteroatoms. The highest BCUT2D eigenvalue weighted by Crippen LogP contribution is 2.46. The molecule has 2 aromatic carbocycles. The molecule has 4 rings (SSSR count). The van der Waals surface area contributed by atoms with Gasteiger partial charge in [-0.3, -0.25) is 0 Å². The lowest BCUT2D eigenvalue weighted by atomic mass is 10.1. The summed E-state index contributed by atoms with van der Waals surface area (Å²) in [6, 6.07) is 21.2. The van der Waals surface area contributed by atoms with Crippen LogP contribution < -0.4 is 10.4 Å². The lowest BCUT2D eigenvalue weighted by molar-refractivity contribution is -0.113. The van der Waals surface area contributed by atoms with Crippen LogP contribution in [0.5, 0.6) is 0 Å². The van der Waals surface area contributed by atoms with Gasteiger partial charge in [0.1, 0.15) is 6.29 Å². The average Bonchev–Trinajstić information content (AvgIpc) is 3.71. The summed E-state index contributed by atoms with van der Waals surface area (Å²) in [7, 11) is -2.49. The second kappa shape index (κ2) is 9.37. The summed E-state index contributed by atoms with van der Waals surface area (Å²) >= 11 is 0. The van der Waals surface area contributed by atoms with Gasteiger partial charge < -0.3 is 19.4 Å². The molecule has 2 fully saturated rings. The number of benzene rings is 2. The Morgan fingerprint density at radius 2 is 1.32 bits per heavy atom. The van der Waals surface area contributed by atoms with Gasteiger partial charge in [0, 0.05) is 17.4 Å². The topological polar surface area (TPSA) is 66.8 Å². The minimum Gasteiger partial charge on any atom is -0.406 e. The van der Waals surface area contributed by atoms with Crippen LogP contribution in [0, 0.1) is 10.8 Å². The normalized spacial score (nSPS) is 18.5. The molecule has 0 saturated heterocycles. The molecule has 31 heavy (non-hydrogen) atoms. The van der Waals surface area contributed by atoms with Crippen LogP contribution in [0.25, 0.3) is 0 Å². The zero-order valence-electron chi connectivity index (χ0n) is 19.0. The summed E-state index contributed by atoms with van der Waals surface area (Å²) in [5, 5.41) is 19.5. The van der Waals surface area contributed by atoms with E-state index in [1.54, 1.807) is 0 Å². The van der Waals surface area contributed by atoms with Crippen molar-refractivity contribution in [2.75, 3.05) is 19.8 Å². The van der Waals surface area contributed by atoms with Crippen molar-refractivity contribution in [3.8, 4) is 0 Å². The summed E-state index contributed by atoms with van der Waals surface area (Å²) in [5.41, 5.74) is -0.299. The second-order valence-corrected chi connectivity index (χ2v) is 14.6. The van der Waals surface area contributed by atoms with E-state index in [-0.39, 0.29) is 29.1 Å². The first-order valence-corrected chi connectivity index (χ1v) is 13.1. The van der Waals surface area contributed by atoms with Crippen molar-refractivity contribution in [1.29, 1.82) is 0 Å². The summed E-state index contributed by atoms with van der Waals surface area (Å²) in [5.74, 6) is 0. The predicted molar refractivity (Wildman–Crippen MR) is 127 cm³/mol. The van der Waals surface area contributed by atoms with E-state index in [4.69, 9.17) is 14.6 Å². The maximum atomic E-state index is 11.5. The minimum absolute atomic E-state index is 0.0331. The molecule has 0 aliphatic heterocycles. The van der Waals surface area contributed by atoms with Crippen LogP contribution in [0.15, 0.2) is 60.7 Å². The molecule has 0 amide bonds. The van der Waals surface area contributed by atoms with Gasteiger partial charge in [0.15, 0.2) is 0 Å². The van der Waals surface area contributed by atoms with Crippen molar-refractivity contribution < 1.29 is 19.4 Å². The molecule has 2 aliphatic rings. The Hall–Kier alpha value is -1.79. The van der Waals surface area contributed by atoms with Crippen molar-refractivity contribution in [2.24, 2.45) is 10.8 Å². The Bertz CT molecular complexity index is 791. The van der Waals surface area contributed by atoms with Gasteiger partial charge in [-0.15, -0.1) is 0 Å². The Kier molecular flexibility index (Phi) is 7.21. The molecule has 0 aromatic heterocycles. The van der Waals surface area contributed by atoms with Gasteiger partial charge in [-0.1, -0.05) is 81.4 Å². The fourth-order valence-electron chi connectivity index (χ4n) is 4.01. The number of aliphatic hydroxyl groups excluding tert-OH is 2. The standard InChI is InChI=1S/C21H26O2Si.C5H10O2/c1-20(2,3)24(18-10-6-4-7-11-18,19-12-8-5-9-13-19)23-17-21(16-22)14-15-21;6-3-5(4-7)1-2-5/h4-13,16H,14-15,17H2,1-3H3;6-7H,1-4H2. The largest absolute Gasteiger partial charge is 0.406 e. The molecule has 0 heterocycles. The van der Waals surface area contributed by atoms with Gasteiger partial charge in [-0.25, -0.2) is 0 Å². The maximum absolute atomic E-state index is 11.5. The molecule has 0 atom stereocenters. The molecule has 0 bridgehead atoms. The van der Waals surface area contributed by atoms with Gasteiger partial charge in [-0.2, -0.15) is 0 Å². The van der Waals surface area contributed by atoms with Crippen LogP contribution in [0.3, 0.4) is 0 Å². The fraction of sp³-hybridized carbons (Fsp3) is 0.500. The van der Waals surface area contributed by atoms with Crippen molar-refractivity contribution in [1.82, 2.24) is 0 Å². The van der Waals surface area contributed by atoms with Crippen LogP contribution in [-0.4, -0.2) is 44.6 Å². The van der Waals surface area contributed by atoms with Crippen molar-refractivity contribution in [3.63, 3.8) is 0 Å². The van der Waals surface area contributed by atoms with Crippen LogP contribution >= 0.6 is 0 Å². The number of carbonyl (C=O) groups excluding carboxylic acids is 1. The van der Waals surface area contributed by atoms with Crippen LogP contribution in [0.4, 0.5) is 0 Å². The highest BCUT2D eigenvalue weighted by atomic mass is 28.4. The van der Waals surface area contributed by atoms with E-state index in [0.29, 0.717) is 6.61 Å². The van der Waals surface area contributed by atoms with Gasteiger partial charge in [-0.05, 0) is 41.1 Å². The van der Waals surface area contributed by atoms with Crippen LogP contribution in [0.2, 0.25) is 5.04 Å². The zero-order valence-corrected chi connectivity index (χ0v) is 20.0. The number of rotatable bonds is 8. The molecule has 2 aromatic rings. The van der Waals surface area contributed by atoms with E-state index in [2.05, 4.69) is 69.3 Å². The molecular weight excluding hydrogens is 404 g/mol. The Morgan fingerprint density at radius 1 is 0.871 bits per heavy atom. The molecule has 0 radical (unpaired) electrons. The third kappa shape index (κ3) is 5.17. The maximum Gasteiger partial charge on any atom is 0.261 e. The Labute approximate surface area is 187 Å².